The Morgan fingerprint density at radius 1 is 1.27 bits per heavy atom. The van der Waals surface area contributed by atoms with E-state index in [2.05, 4.69) is 16.0 Å². The minimum Gasteiger partial charge on any atom is -0.326 e. The molecule has 0 unspecified atom stereocenters. The van der Waals surface area contributed by atoms with Crippen LogP contribution in [0.3, 0.4) is 0 Å². The Morgan fingerprint density at radius 3 is 2.59 bits per heavy atom. The van der Waals surface area contributed by atoms with E-state index in [4.69, 9.17) is 0 Å². The van der Waals surface area contributed by atoms with Crippen LogP contribution in [0.5, 0.6) is 0 Å². The fourth-order valence-corrected chi connectivity index (χ4v) is 2.45. The molecule has 0 aromatic heterocycles. The summed E-state index contributed by atoms with van der Waals surface area (Å²) in [6, 6.07) is 4.11. The van der Waals surface area contributed by atoms with Gasteiger partial charge in [0, 0.05) is 19.0 Å². The average molecular weight is 330 g/mol. The van der Waals surface area contributed by atoms with Gasteiger partial charge in [0.05, 0.1) is 5.69 Å². The maximum Gasteiger partial charge on any atom is 0.224 e. The maximum absolute atomic E-state index is 13.7. The molecule has 122 valence electrons. The highest BCUT2D eigenvalue weighted by Crippen LogP contribution is 2.21. The molecule has 1 aliphatic heterocycles. The summed E-state index contributed by atoms with van der Waals surface area (Å²) >= 11 is 0. The van der Waals surface area contributed by atoms with Crippen molar-refractivity contribution in [2.24, 2.45) is 5.92 Å². The highest BCUT2D eigenvalue weighted by Gasteiger charge is 2.17. The molecular weight excluding hydrogens is 309 g/mol. The zero-order chi connectivity index (χ0) is 15.2. The van der Waals surface area contributed by atoms with Crippen molar-refractivity contribution in [3.05, 3.63) is 24.0 Å². The second kappa shape index (κ2) is 8.70. The first-order valence-electron chi connectivity index (χ1n) is 7.12. The van der Waals surface area contributed by atoms with Crippen LogP contribution in [-0.4, -0.2) is 24.9 Å². The highest BCUT2D eigenvalue weighted by molar-refractivity contribution is 5.93. The first-order chi connectivity index (χ1) is 10.0. The summed E-state index contributed by atoms with van der Waals surface area (Å²) < 4.78 is 13.7. The van der Waals surface area contributed by atoms with Crippen LogP contribution < -0.4 is 16.0 Å². The minimum atomic E-state index is -0.511. The lowest BCUT2D eigenvalue weighted by molar-refractivity contribution is -0.117. The summed E-state index contributed by atoms with van der Waals surface area (Å²) in [6.45, 7) is 3.22. The molecule has 0 atom stereocenters. The number of piperidine rings is 1. The summed E-state index contributed by atoms with van der Waals surface area (Å²) in [5, 5.41) is 8.39. The van der Waals surface area contributed by atoms with Crippen molar-refractivity contribution >= 4 is 35.6 Å². The van der Waals surface area contributed by atoms with E-state index in [-0.39, 0.29) is 29.9 Å². The minimum absolute atomic E-state index is 0. The van der Waals surface area contributed by atoms with Gasteiger partial charge in [0.25, 0.3) is 0 Å². The van der Waals surface area contributed by atoms with Gasteiger partial charge in [-0.15, -0.1) is 12.4 Å². The normalized spacial score (nSPS) is 14.8. The number of anilines is 2. The standard InChI is InChI=1S/C15H20FN3O2.ClH/c1-10(20)18-12-2-3-13(16)14(9-12)19-15(21)8-11-4-6-17-7-5-11;/h2-3,9,11,17H,4-8H2,1H3,(H,18,20)(H,19,21);1H. The Labute approximate surface area is 135 Å². The van der Waals surface area contributed by atoms with Gasteiger partial charge in [-0.3, -0.25) is 9.59 Å². The van der Waals surface area contributed by atoms with E-state index < -0.39 is 5.82 Å². The summed E-state index contributed by atoms with van der Waals surface area (Å²) in [5.41, 5.74) is 0.557. The zero-order valence-electron chi connectivity index (χ0n) is 12.4. The molecule has 1 heterocycles. The summed E-state index contributed by atoms with van der Waals surface area (Å²) in [4.78, 5) is 23.0. The summed E-state index contributed by atoms with van der Waals surface area (Å²) in [6.07, 6.45) is 2.31. The Hall–Kier alpha value is -1.66. The van der Waals surface area contributed by atoms with Crippen molar-refractivity contribution in [2.75, 3.05) is 23.7 Å². The molecule has 7 heteroatoms. The van der Waals surface area contributed by atoms with Crippen molar-refractivity contribution in [3.63, 3.8) is 0 Å². The molecule has 0 spiro atoms. The van der Waals surface area contributed by atoms with Gasteiger partial charge in [-0.25, -0.2) is 4.39 Å². The van der Waals surface area contributed by atoms with Crippen LogP contribution in [-0.2, 0) is 9.59 Å². The molecule has 0 bridgehead atoms. The van der Waals surface area contributed by atoms with Crippen molar-refractivity contribution in [2.45, 2.75) is 26.2 Å². The smallest absolute Gasteiger partial charge is 0.224 e. The molecule has 22 heavy (non-hydrogen) atoms. The van der Waals surface area contributed by atoms with Crippen LogP contribution in [0.1, 0.15) is 26.2 Å². The monoisotopic (exact) mass is 329 g/mol. The quantitative estimate of drug-likeness (QED) is 0.795. The predicted octanol–water partition coefficient (Wildman–Crippen LogP) is 2.53. The molecule has 1 aromatic rings. The third-order valence-corrected chi connectivity index (χ3v) is 3.49. The molecule has 0 saturated carbocycles. The van der Waals surface area contributed by atoms with E-state index >= 15 is 0 Å². The number of carbonyl (C=O) groups is 2. The summed E-state index contributed by atoms with van der Waals surface area (Å²) in [7, 11) is 0. The van der Waals surface area contributed by atoms with E-state index in [9.17, 15) is 14.0 Å². The van der Waals surface area contributed by atoms with E-state index in [0.29, 0.717) is 18.0 Å². The lowest BCUT2D eigenvalue weighted by atomic mass is 9.94. The van der Waals surface area contributed by atoms with Crippen molar-refractivity contribution < 1.29 is 14.0 Å². The van der Waals surface area contributed by atoms with E-state index in [1.54, 1.807) is 0 Å². The van der Waals surface area contributed by atoms with Crippen LogP contribution in [0.4, 0.5) is 15.8 Å². The van der Waals surface area contributed by atoms with Crippen molar-refractivity contribution in [3.8, 4) is 0 Å². The molecular formula is C15H21ClFN3O2. The number of benzene rings is 1. The molecule has 1 saturated heterocycles. The fourth-order valence-electron chi connectivity index (χ4n) is 2.45. The highest BCUT2D eigenvalue weighted by atomic mass is 35.5. The van der Waals surface area contributed by atoms with Gasteiger partial charge in [-0.2, -0.15) is 0 Å². The molecule has 0 aliphatic carbocycles. The molecule has 2 rings (SSSR count). The van der Waals surface area contributed by atoms with Crippen molar-refractivity contribution in [1.82, 2.24) is 5.32 Å². The number of hydrogen-bond donors (Lipinski definition) is 3. The van der Waals surface area contributed by atoms with Crippen LogP contribution in [0.2, 0.25) is 0 Å². The van der Waals surface area contributed by atoms with Crippen LogP contribution in [0.15, 0.2) is 18.2 Å². The second-order valence-corrected chi connectivity index (χ2v) is 5.32. The average Bonchev–Trinajstić information content (AvgIpc) is 2.43. The van der Waals surface area contributed by atoms with Gasteiger partial charge in [-0.1, -0.05) is 0 Å². The van der Waals surface area contributed by atoms with Gasteiger partial charge in [-0.05, 0) is 50.0 Å². The van der Waals surface area contributed by atoms with Gasteiger partial charge < -0.3 is 16.0 Å². The van der Waals surface area contributed by atoms with E-state index in [0.717, 1.165) is 25.9 Å². The zero-order valence-corrected chi connectivity index (χ0v) is 13.3. The molecule has 5 nitrogen and oxygen atoms in total. The van der Waals surface area contributed by atoms with Crippen LogP contribution in [0, 0.1) is 11.7 Å². The SMILES string of the molecule is CC(=O)Nc1ccc(F)c(NC(=O)CC2CCNCC2)c1.Cl. The van der Waals surface area contributed by atoms with E-state index in [1.807, 2.05) is 0 Å². The number of carbonyl (C=O) groups excluding carboxylic acids is 2. The third kappa shape index (κ3) is 5.61. The first kappa shape index (κ1) is 18.4. The molecule has 0 radical (unpaired) electrons. The second-order valence-electron chi connectivity index (χ2n) is 5.32. The summed E-state index contributed by atoms with van der Waals surface area (Å²) in [5.74, 6) is -0.607. The number of amides is 2. The molecule has 1 aromatic carbocycles. The number of nitrogens with one attached hydrogen (secondary N) is 3. The lowest BCUT2D eigenvalue weighted by Gasteiger charge is -2.22. The molecule has 3 N–H and O–H groups in total. The third-order valence-electron chi connectivity index (χ3n) is 3.49. The first-order valence-corrected chi connectivity index (χ1v) is 7.12. The van der Waals surface area contributed by atoms with Gasteiger partial charge >= 0.3 is 0 Å². The van der Waals surface area contributed by atoms with Crippen LogP contribution in [0.25, 0.3) is 0 Å². The largest absolute Gasteiger partial charge is 0.326 e. The van der Waals surface area contributed by atoms with Gasteiger partial charge in [0.15, 0.2) is 0 Å². The Balaban J connectivity index is 0.00000242. The molecule has 1 aliphatic rings. The topological polar surface area (TPSA) is 70.2 Å². The van der Waals surface area contributed by atoms with Gasteiger partial charge in [0.2, 0.25) is 11.8 Å². The van der Waals surface area contributed by atoms with Crippen LogP contribution >= 0.6 is 12.4 Å². The number of rotatable bonds is 4. The fraction of sp³-hybridized carbons (Fsp3) is 0.467. The Morgan fingerprint density at radius 2 is 1.95 bits per heavy atom. The number of hydrogen-bond acceptors (Lipinski definition) is 3. The Kier molecular flexibility index (Phi) is 7.27. The lowest BCUT2D eigenvalue weighted by Crippen LogP contribution is -2.30. The molecule has 2 amide bonds. The predicted molar refractivity (Wildman–Crippen MR) is 86.8 cm³/mol. The number of halogens is 2. The Bertz CT molecular complexity index is 534. The van der Waals surface area contributed by atoms with Crippen molar-refractivity contribution in [1.29, 1.82) is 0 Å². The van der Waals surface area contributed by atoms with Gasteiger partial charge in [0.1, 0.15) is 5.82 Å². The maximum atomic E-state index is 13.7. The van der Waals surface area contributed by atoms with E-state index in [1.165, 1.54) is 25.1 Å². The molecule has 1 fully saturated rings.